The highest BCUT2D eigenvalue weighted by Gasteiger charge is 2.29. The number of thiophene rings is 1. The normalized spacial score (nSPS) is 21.7. The van der Waals surface area contributed by atoms with E-state index in [4.69, 9.17) is 10.5 Å². The molecule has 40 heavy (non-hydrogen) atoms. The van der Waals surface area contributed by atoms with Gasteiger partial charge in [0.05, 0.1) is 12.0 Å². The fourth-order valence-corrected chi connectivity index (χ4v) is 6.23. The molecule has 2 aromatic rings. The Bertz CT molecular complexity index is 1240. The molecule has 0 radical (unpaired) electrons. The summed E-state index contributed by atoms with van der Waals surface area (Å²) in [7, 11) is 0. The van der Waals surface area contributed by atoms with Gasteiger partial charge in [0, 0.05) is 17.3 Å². The molecule has 7 nitrogen and oxygen atoms in total. The van der Waals surface area contributed by atoms with Gasteiger partial charge in [0.2, 0.25) is 11.8 Å². The maximum atomic E-state index is 13.4. The van der Waals surface area contributed by atoms with E-state index in [-0.39, 0.29) is 29.7 Å². The predicted octanol–water partition coefficient (Wildman–Crippen LogP) is 5.92. The number of nitrogens with two attached hydrogens (primary N) is 1. The Labute approximate surface area is 241 Å². The minimum absolute atomic E-state index is 0.0369. The summed E-state index contributed by atoms with van der Waals surface area (Å²) in [5.41, 5.74) is 8.26. The molecular formula is C32H41N3O4S. The number of benzene rings is 1. The third-order valence-electron chi connectivity index (χ3n) is 7.51. The smallest absolute Gasteiger partial charge is 0.407 e. The molecule has 1 aromatic heterocycles. The Kier molecular flexibility index (Phi) is 9.85. The van der Waals surface area contributed by atoms with Gasteiger partial charge in [0.1, 0.15) is 5.60 Å². The van der Waals surface area contributed by atoms with Crippen LogP contribution in [0.2, 0.25) is 0 Å². The first-order chi connectivity index (χ1) is 19.1. The molecule has 3 amide bonds. The van der Waals surface area contributed by atoms with Crippen LogP contribution in [0.1, 0.15) is 74.9 Å². The van der Waals surface area contributed by atoms with Crippen LogP contribution in [0.5, 0.6) is 0 Å². The highest BCUT2D eigenvalue weighted by Crippen LogP contribution is 2.33. The molecule has 214 valence electrons. The van der Waals surface area contributed by atoms with Crippen molar-refractivity contribution in [1.82, 2.24) is 10.6 Å². The van der Waals surface area contributed by atoms with E-state index >= 15 is 0 Å². The number of rotatable bonds is 9. The van der Waals surface area contributed by atoms with Crippen molar-refractivity contribution in [2.75, 3.05) is 6.54 Å². The van der Waals surface area contributed by atoms with E-state index in [0.717, 1.165) is 41.7 Å². The minimum Gasteiger partial charge on any atom is -0.444 e. The maximum absolute atomic E-state index is 13.4. The molecule has 1 aromatic carbocycles. The van der Waals surface area contributed by atoms with Gasteiger partial charge in [-0.3, -0.25) is 9.59 Å². The largest absolute Gasteiger partial charge is 0.444 e. The lowest BCUT2D eigenvalue weighted by Crippen LogP contribution is -2.39. The van der Waals surface area contributed by atoms with Crippen LogP contribution in [0.4, 0.5) is 4.79 Å². The fraction of sp³-hybridized carbons (Fsp3) is 0.469. The first kappa shape index (κ1) is 29.6. The number of amides is 3. The number of alkyl carbamates (subject to hydrolysis) is 1. The topological polar surface area (TPSA) is 111 Å². The summed E-state index contributed by atoms with van der Waals surface area (Å²) < 4.78 is 5.34. The molecule has 2 unspecified atom stereocenters. The van der Waals surface area contributed by atoms with E-state index in [1.54, 1.807) is 11.3 Å². The van der Waals surface area contributed by atoms with Crippen LogP contribution in [-0.4, -0.2) is 30.1 Å². The molecule has 2 atom stereocenters. The number of nitrogens with one attached hydrogen (secondary N) is 2. The van der Waals surface area contributed by atoms with Crippen LogP contribution in [0.25, 0.3) is 5.57 Å². The first-order valence-corrected chi connectivity index (χ1v) is 15.0. The average molecular weight is 564 g/mol. The molecule has 4 N–H and O–H groups in total. The number of ether oxygens (including phenoxy) is 1. The molecule has 0 aliphatic heterocycles. The third-order valence-corrected chi connectivity index (χ3v) is 8.56. The SMILES string of the molecule is CC(C)(C)OC(=O)NC[C@H]1CC[C@H](C(=O)NC(Cc2ccccc2)c2cc(C3=CCC(C(N)=O)C=C3)cs2)CC1. The van der Waals surface area contributed by atoms with Crippen molar-refractivity contribution in [2.45, 2.75) is 70.9 Å². The van der Waals surface area contributed by atoms with Gasteiger partial charge in [-0.2, -0.15) is 0 Å². The van der Waals surface area contributed by atoms with Gasteiger partial charge in [0.25, 0.3) is 0 Å². The Morgan fingerprint density at radius 3 is 2.45 bits per heavy atom. The second kappa shape index (κ2) is 13.3. The summed E-state index contributed by atoms with van der Waals surface area (Å²) >= 11 is 1.65. The first-order valence-electron chi connectivity index (χ1n) is 14.1. The Morgan fingerprint density at radius 1 is 1.10 bits per heavy atom. The molecule has 1 fully saturated rings. The molecular weight excluding hydrogens is 522 g/mol. The molecule has 8 heteroatoms. The van der Waals surface area contributed by atoms with Crippen molar-refractivity contribution >= 4 is 34.8 Å². The van der Waals surface area contributed by atoms with Gasteiger partial charge in [0.15, 0.2) is 0 Å². The van der Waals surface area contributed by atoms with Crippen LogP contribution >= 0.6 is 11.3 Å². The van der Waals surface area contributed by atoms with Crippen molar-refractivity contribution in [1.29, 1.82) is 0 Å². The minimum atomic E-state index is -0.516. The second-order valence-corrected chi connectivity index (χ2v) is 12.8. The molecule has 1 saturated carbocycles. The zero-order valence-corrected chi connectivity index (χ0v) is 24.5. The van der Waals surface area contributed by atoms with Crippen molar-refractivity contribution in [3.63, 3.8) is 0 Å². The summed E-state index contributed by atoms with van der Waals surface area (Å²) in [5, 5.41) is 8.36. The van der Waals surface area contributed by atoms with Crippen molar-refractivity contribution in [3.8, 4) is 0 Å². The second-order valence-electron chi connectivity index (χ2n) is 11.9. The van der Waals surface area contributed by atoms with E-state index in [1.165, 1.54) is 5.56 Å². The number of hydrogen-bond acceptors (Lipinski definition) is 5. The number of carbonyl (C=O) groups is 3. The van der Waals surface area contributed by atoms with E-state index in [0.29, 0.717) is 25.3 Å². The average Bonchev–Trinajstić information content (AvgIpc) is 3.42. The summed E-state index contributed by atoms with van der Waals surface area (Å²) in [5.74, 6) is -0.157. The zero-order chi connectivity index (χ0) is 28.7. The summed E-state index contributed by atoms with van der Waals surface area (Å²) in [4.78, 5) is 38.1. The Balaban J connectivity index is 1.37. The van der Waals surface area contributed by atoms with Gasteiger partial charge >= 0.3 is 6.09 Å². The highest BCUT2D eigenvalue weighted by atomic mass is 32.1. The zero-order valence-electron chi connectivity index (χ0n) is 23.7. The van der Waals surface area contributed by atoms with Gasteiger partial charge in [-0.15, -0.1) is 11.3 Å². The quantitative estimate of drug-likeness (QED) is 0.351. The number of hydrogen-bond donors (Lipinski definition) is 3. The number of allylic oxidation sites excluding steroid dienone is 3. The molecule has 2 aliphatic carbocycles. The number of carbonyl (C=O) groups excluding carboxylic acids is 3. The Morgan fingerprint density at radius 2 is 1.82 bits per heavy atom. The van der Waals surface area contributed by atoms with Crippen LogP contribution < -0.4 is 16.4 Å². The third kappa shape index (κ3) is 8.55. The molecule has 4 rings (SSSR count). The van der Waals surface area contributed by atoms with Crippen molar-refractivity contribution in [2.24, 2.45) is 23.5 Å². The van der Waals surface area contributed by atoms with Gasteiger partial charge in [-0.05, 0) is 93.4 Å². The maximum Gasteiger partial charge on any atom is 0.407 e. The summed E-state index contributed by atoms with van der Waals surface area (Å²) in [6.07, 6.45) is 10.2. The standard InChI is InChI=1S/C32H41N3O4S/c1-32(2,3)39-31(38)34-19-22-9-11-25(12-10-22)30(37)35-27(17-21-7-5-4-6-8-21)28-18-26(20-40-28)23-13-15-24(16-14-23)29(33)36/h4-8,13-15,18,20,22,24-25,27H,9-12,16-17,19H2,1-3H3,(H2,33,36)(H,34,38)(H,35,37)/t22-,24?,25-,27?. The van der Waals surface area contributed by atoms with E-state index in [1.807, 2.05) is 51.1 Å². The van der Waals surface area contributed by atoms with Gasteiger partial charge in [-0.1, -0.05) is 48.6 Å². The molecule has 2 aliphatic rings. The summed E-state index contributed by atoms with van der Waals surface area (Å²) in [6.45, 7) is 6.12. The predicted molar refractivity (Wildman–Crippen MR) is 159 cm³/mol. The van der Waals surface area contributed by atoms with E-state index in [2.05, 4.69) is 40.3 Å². The Hall–Kier alpha value is -3.39. The van der Waals surface area contributed by atoms with E-state index < -0.39 is 11.7 Å². The lowest BCUT2D eigenvalue weighted by atomic mass is 9.81. The fourth-order valence-electron chi connectivity index (χ4n) is 5.27. The van der Waals surface area contributed by atoms with Crippen LogP contribution in [0.15, 0.2) is 60.0 Å². The van der Waals surface area contributed by atoms with Gasteiger partial charge in [-0.25, -0.2) is 4.79 Å². The summed E-state index contributed by atoms with van der Waals surface area (Å²) in [6, 6.07) is 12.2. The van der Waals surface area contributed by atoms with Gasteiger partial charge < -0.3 is 21.1 Å². The lowest BCUT2D eigenvalue weighted by molar-refractivity contribution is -0.127. The van der Waals surface area contributed by atoms with Crippen LogP contribution in [-0.2, 0) is 20.7 Å². The van der Waals surface area contributed by atoms with Crippen LogP contribution in [0, 0.1) is 17.8 Å². The highest BCUT2D eigenvalue weighted by molar-refractivity contribution is 7.10. The van der Waals surface area contributed by atoms with Crippen molar-refractivity contribution < 1.29 is 19.1 Å². The van der Waals surface area contributed by atoms with Crippen LogP contribution in [0.3, 0.4) is 0 Å². The number of primary amides is 1. The lowest BCUT2D eigenvalue weighted by Gasteiger charge is -2.29. The monoisotopic (exact) mass is 563 g/mol. The molecule has 1 heterocycles. The molecule has 0 bridgehead atoms. The van der Waals surface area contributed by atoms with Crippen molar-refractivity contribution in [3.05, 3.63) is 76.0 Å². The molecule has 0 saturated heterocycles. The van der Waals surface area contributed by atoms with E-state index in [9.17, 15) is 14.4 Å². The molecule has 0 spiro atoms.